The van der Waals surface area contributed by atoms with Crippen LogP contribution in [0.4, 0.5) is 4.39 Å². The van der Waals surface area contributed by atoms with Crippen LogP contribution in [0, 0.1) is 12.7 Å². The highest BCUT2D eigenvalue weighted by atomic mass is 79.9. The van der Waals surface area contributed by atoms with Crippen LogP contribution in [0.15, 0.2) is 16.6 Å². The fourth-order valence-electron chi connectivity index (χ4n) is 1.81. The van der Waals surface area contributed by atoms with E-state index in [0.29, 0.717) is 36.3 Å². The van der Waals surface area contributed by atoms with Gasteiger partial charge in [0.15, 0.2) is 0 Å². The average molecular weight is 302 g/mol. The smallest absolute Gasteiger partial charge is 0.254 e. The first-order valence-corrected chi connectivity index (χ1v) is 6.21. The molecule has 0 aromatic heterocycles. The largest absolute Gasteiger partial charge is 0.378 e. The number of hydrogen-bond acceptors (Lipinski definition) is 2. The van der Waals surface area contributed by atoms with Crippen molar-refractivity contribution in [1.29, 1.82) is 0 Å². The van der Waals surface area contributed by atoms with Crippen molar-refractivity contribution in [3.05, 3.63) is 33.5 Å². The molecule has 0 aliphatic carbocycles. The van der Waals surface area contributed by atoms with Crippen molar-refractivity contribution < 1.29 is 13.9 Å². The first kappa shape index (κ1) is 12.5. The molecule has 0 bridgehead atoms. The molecule has 1 aromatic rings. The Labute approximate surface area is 108 Å². The summed E-state index contributed by atoms with van der Waals surface area (Å²) in [7, 11) is 0. The van der Waals surface area contributed by atoms with Crippen LogP contribution in [0.1, 0.15) is 15.9 Å². The summed E-state index contributed by atoms with van der Waals surface area (Å²) in [5, 5.41) is 0. The van der Waals surface area contributed by atoms with Gasteiger partial charge in [-0.05, 0) is 40.5 Å². The number of halogens is 2. The Hall–Kier alpha value is -0.940. The summed E-state index contributed by atoms with van der Waals surface area (Å²) >= 11 is 3.11. The summed E-state index contributed by atoms with van der Waals surface area (Å²) in [4.78, 5) is 13.9. The number of benzene rings is 1. The van der Waals surface area contributed by atoms with Crippen LogP contribution in [-0.2, 0) is 4.74 Å². The Morgan fingerprint density at radius 1 is 1.41 bits per heavy atom. The molecule has 0 saturated carbocycles. The second kappa shape index (κ2) is 5.14. The van der Waals surface area contributed by atoms with E-state index in [9.17, 15) is 9.18 Å². The van der Waals surface area contributed by atoms with Crippen LogP contribution < -0.4 is 0 Å². The maximum Gasteiger partial charge on any atom is 0.254 e. The summed E-state index contributed by atoms with van der Waals surface area (Å²) in [6.07, 6.45) is 0. The van der Waals surface area contributed by atoms with Gasteiger partial charge < -0.3 is 9.64 Å². The van der Waals surface area contributed by atoms with Crippen molar-refractivity contribution in [2.75, 3.05) is 26.3 Å². The number of carbonyl (C=O) groups excluding carboxylic acids is 1. The van der Waals surface area contributed by atoms with Crippen LogP contribution in [-0.4, -0.2) is 37.1 Å². The molecule has 0 atom stereocenters. The van der Waals surface area contributed by atoms with Gasteiger partial charge in [0.25, 0.3) is 5.91 Å². The van der Waals surface area contributed by atoms with Gasteiger partial charge in [0.05, 0.1) is 17.7 Å². The van der Waals surface area contributed by atoms with E-state index in [-0.39, 0.29) is 5.91 Å². The number of hydrogen-bond donors (Lipinski definition) is 0. The molecule has 2 rings (SSSR count). The van der Waals surface area contributed by atoms with Crippen molar-refractivity contribution in [2.24, 2.45) is 0 Å². The molecule has 1 fully saturated rings. The van der Waals surface area contributed by atoms with Crippen molar-refractivity contribution in [1.82, 2.24) is 4.90 Å². The number of morpholine rings is 1. The highest BCUT2D eigenvalue weighted by molar-refractivity contribution is 9.10. The third-order valence-corrected chi connectivity index (χ3v) is 3.40. The zero-order chi connectivity index (χ0) is 12.4. The number of amides is 1. The van der Waals surface area contributed by atoms with Crippen molar-refractivity contribution >= 4 is 21.8 Å². The van der Waals surface area contributed by atoms with Gasteiger partial charge in [-0.3, -0.25) is 4.79 Å². The molecule has 17 heavy (non-hydrogen) atoms. The van der Waals surface area contributed by atoms with E-state index < -0.39 is 5.82 Å². The molecular formula is C12H13BrFNO2. The quantitative estimate of drug-likeness (QED) is 0.797. The maximum atomic E-state index is 13.4. The maximum absolute atomic E-state index is 13.4. The molecule has 0 radical (unpaired) electrons. The Balaban J connectivity index is 2.26. The Bertz CT molecular complexity index is 444. The molecule has 3 nitrogen and oxygen atoms in total. The molecule has 0 spiro atoms. The normalized spacial score (nSPS) is 16.1. The topological polar surface area (TPSA) is 29.5 Å². The minimum absolute atomic E-state index is 0.128. The third-order valence-electron chi connectivity index (χ3n) is 2.80. The second-order valence-electron chi connectivity index (χ2n) is 3.99. The predicted octanol–water partition coefficient (Wildman–Crippen LogP) is 2.37. The molecular weight excluding hydrogens is 289 g/mol. The summed E-state index contributed by atoms with van der Waals surface area (Å²) in [5.74, 6) is -0.538. The lowest BCUT2D eigenvalue weighted by molar-refractivity contribution is 0.0302. The number of aryl methyl sites for hydroxylation is 1. The monoisotopic (exact) mass is 301 g/mol. The fraction of sp³-hybridized carbons (Fsp3) is 0.417. The molecule has 5 heteroatoms. The van der Waals surface area contributed by atoms with E-state index in [1.54, 1.807) is 17.9 Å². The lowest BCUT2D eigenvalue weighted by atomic mass is 10.1. The molecule has 1 amide bonds. The average Bonchev–Trinajstić information content (AvgIpc) is 2.34. The summed E-state index contributed by atoms with van der Waals surface area (Å²) in [5.41, 5.74) is 1.20. The summed E-state index contributed by atoms with van der Waals surface area (Å²) < 4.78 is 19.0. The molecule has 92 valence electrons. The molecule has 0 unspecified atom stereocenters. The van der Waals surface area contributed by atoms with Crippen LogP contribution in [0.25, 0.3) is 0 Å². The lowest BCUT2D eigenvalue weighted by Gasteiger charge is -2.27. The van der Waals surface area contributed by atoms with E-state index in [2.05, 4.69) is 15.9 Å². The number of ether oxygens (including phenoxy) is 1. The van der Waals surface area contributed by atoms with Crippen LogP contribution in [0.5, 0.6) is 0 Å². The third kappa shape index (κ3) is 2.66. The van der Waals surface area contributed by atoms with Gasteiger partial charge in [0, 0.05) is 18.7 Å². The molecule has 1 aliphatic heterocycles. The van der Waals surface area contributed by atoms with Crippen LogP contribution in [0.3, 0.4) is 0 Å². The summed E-state index contributed by atoms with van der Waals surface area (Å²) in [6, 6.07) is 2.92. The SMILES string of the molecule is Cc1cc(Br)c(F)cc1C(=O)N1CCOCC1. The van der Waals surface area contributed by atoms with Gasteiger partial charge in [-0.25, -0.2) is 4.39 Å². The Morgan fingerprint density at radius 2 is 2.06 bits per heavy atom. The predicted molar refractivity (Wildman–Crippen MR) is 65.6 cm³/mol. The van der Waals surface area contributed by atoms with Gasteiger partial charge in [-0.2, -0.15) is 0 Å². The van der Waals surface area contributed by atoms with Crippen molar-refractivity contribution in [3.8, 4) is 0 Å². The van der Waals surface area contributed by atoms with Gasteiger partial charge >= 0.3 is 0 Å². The van der Waals surface area contributed by atoms with E-state index in [1.165, 1.54) is 6.07 Å². The number of nitrogens with zero attached hydrogens (tertiary/aromatic N) is 1. The van der Waals surface area contributed by atoms with E-state index in [4.69, 9.17) is 4.74 Å². The molecule has 1 aromatic carbocycles. The second-order valence-corrected chi connectivity index (χ2v) is 4.84. The molecule has 1 heterocycles. The zero-order valence-corrected chi connectivity index (χ0v) is 11.1. The standard InChI is InChI=1S/C12H13BrFNO2/c1-8-6-10(13)11(14)7-9(8)12(16)15-2-4-17-5-3-15/h6-7H,2-5H2,1H3. The highest BCUT2D eigenvalue weighted by Crippen LogP contribution is 2.21. The lowest BCUT2D eigenvalue weighted by Crippen LogP contribution is -2.41. The van der Waals surface area contributed by atoms with E-state index >= 15 is 0 Å². The highest BCUT2D eigenvalue weighted by Gasteiger charge is 2.21. The Kier molecular flexibility index (Phi) is 3.79. The van der Waals surface area contributed by atoms with Crippen LogP contribution in [0.2, 0.25) is 0 Å². The first-order valence-electron chi connectivity index (χ1n) is 5.42. The Morgan fingerprint density at radius 3 is 2.71 bits per heavy atom. The van der Waals surface area contributed by atoms with Crippen molar-refractivity contribution in [2.45, 2.75) is 6.92 Å². The van der Waals surface area contributed by atoms with Crippen molar-refractivity contribution in [3.63, 3.8) is 0 Å². The zero-order valence-electron chi connectivity index (χ0n) is 9.50. The van der Waals surface area contributed by atoms with E-state index in [1.807, 2.05) is 0 Å². The minimum atomic E-state index is -0.410. The fourth-order valence-corrected chi connectivity index (χ4v) is 2.27. The van der Waals surface area contributed by atoms with Gasteiger partial charge in [-0.1, -0.05) is 0 Å². The van der Waals surface area contributed by atoms with Gasteiger partial charge in [0.1, 0.15) is 5.82 Å². The number of rotatable bonds is 1. The minimum Gasteiger partial charge on any atom is -0.378 e. The first-order chi connectivity index (χ1) is 8.09. The molecule has 1 saturated heterocycles. The van der Waals surface area contributed by atoms with E-state index in [0.717, 1.165) is 5.56 Å². The van der Waals surface area contributed by atoms with Gasteiger partial charge in [-0.15, -0.1) is 0 Å². The van der Waals surface area contributed by atoms with Crippen LogP contribution >= 0.6 is 15.9 Å². The summed E-state index contributed by atoms with van der Waals surface area (Å²) in [6.45, 7) is 4.03. The molecule has 1 aliphatic rings. The van der Waals surface area contributed by atoms with Gasteiger partial charge in [0.2, 0.25) is 0 Å². The number of carbonyl (C=O) groups is 1. The molecule has 0 N–H and O–H groups in total.